The van der Waals surface area contributed by atoms with Gasteiger partial charge in [0.25, 0.3) is 0 Å². The largest absolute Gasteiger partial charge is 0.417 e. The summed E-state index contributed by atoms with van der Waals surface area (Å²) in [5.74, 6) is -0.479. The number of halogens is 4. The molecule has 1 N–H and O–H groups in total. The molecule has 0 unspecified atom stereocenters. The fourth-order valence-corrected chi connectivity index (χ4v) is 5.82. The van der Waals surface area contributed by atoms with E-state index in [2.05, 4.69) is 19.9 Å². The quantitative estimate of drug-likeness (QED) is 0.493. The number of piperidine rings is 1. The molecule has 3 heterocycles. The van der Waals surface area contributed by atoms with Gasteiger partial charge < -0.3 is 4.90 Å². The highest BCUT2D eigenvalue weighted by atomic mass is 32.2. The second-order valence-electron chi connectivity index (χ2n) is 8.83. The highest BCUT2D eigenvalue weighted by Crippen LogP contribution is 2.35. The molecular formula is C24H25F4N5O2S. The van der Waals surface area contributed by atoms with Crippen molar-refractivity contribution in [1.29, 1.82) is 0 Å². The SMILES string of the molecule is Cc1cc(-c2nnc(N3CCC(NS(=O)(=O)c4ccc(F)cc4C(F)(F)F)CC3)c(C)c2C)ccn1. The van der Waals surface area contributed by atoms with Crippen molar-refractivity contribution in [3.8, 4) is 11.3 Å². The Bertz CT molecular complexity index is 1390. The normalized spacial score (nSPS) is 15.4. The number of alkyl halides is 3. The molecule has 1 saturated heterocycles. The Morgan fingerprint density at radius 3 is 2.33 bits per heavy atom. The molecular weight excluding hydrogens is 498 g/mol. The lowest BCUT2D eigenvalue weighted by atomic mass is 10.0. The maximum absolute atomic E-state index is 13.4. The number of sulfonamides is 1. The Morgan fingerprint density at radius 1 is 1.00 bits per heavy atom. The molecule has 36 heavy (non-hydrogen) atoms. The number of nitrogens with one attached hydrogen (secondary N) is 1. The van der Waals surface area contributed by atoms with Gasteiger partial charge in [-0.2, -0.15) is 13.2 Å². The van der Waals surface area contributed by atoms with Crippen LogP contribution in [0.4, 0.5) is 23.4 Å². The molecule has 0 aliphatic carbocycles. The van der Waals surface area contributed by atoms with E-state index in [0.717, 1.165) is 28.1 Å². The molecule has 0 saturated carbocycles. The van der Waals surface area contributed by atoms with Crippen LogP contribution < -0.4 is 9.62 Å². The number of anilines is 1. The van der Waals surface area contributed by atoms with Gasteiger partial charge >= 0.3 is 6.18 Å². The van der Waals surface area contributed by atoms with Gasteiger partial charge in [-0.3, -0.25) is 4.98 Å². The van der Waals surface area contributed by atoms with Crippen molar-refractivity contribution in [1.82, 2.24) is 19.9 Å². The van der Waals surface area contributed by atoms with E-state index in [1.807, 2.05) is 37.8 Å². The standard InChI is InChI=1S/C24H25F4N5O2S/c1-14-12-17(6-9-29-14)22-15(2)16(3)23(31-30-22)33-10-7-19(8-11-33)32-36(34,35)21-5-4-18(25)13-20(21)24(26,27)28/h4-6,9,12-13,19,32H,7-8,10-11H2,1-3H3. The molecule has 4 rings (SSSR count). The topological polar surface area (TPSA) is 88.1 Å². The molecule has 1 aromatic carbocycles. The van der Waals surface area contributed by atoms with Crippen LogP contribution in [-0.2, 0) is 16.2 Å². The molecule has 1 fully saturated rings. The fourth-order valence-electron chi connectivity index (χ4n) is 4.31. The third kappa shape index (κ3) is 5.34. The van der Waals surface area contributed by atoms with E-state index in [1.54, 1.807) is 6.20 Å². The van der Waals surface area contributed by atoms with Crippen LogP contribution in [0.2, 0.25) is 0 Å². The molecule has 0 spiro atoms. The van der Waals surface area contributed by atoms with Crippen molar-refractivity contribution in [3.63, 3.8) is 0 Å². The Morgan fingerprint density at radius 2 is 1.69 bits per heavy atom. The minimum atomic E-state index is -5.01. The van der Waals surface area contributed by atoms with E-state index >= 15 is 0 Å². The zero-order valence-electron chi connectivity index (χ0n) is 19.9. The predicted octanol–water partition coefficient (Wildman–Crippen LogP) is 4.57. The predicted molar refractivity (Wildman–Crippen MR) is 126 cm³/mol. The number of rotatable bonds is 5. The van der Waals surface area contributed by atoms with E-state index in [-0.39, 0.29) is 6.07 Å². The molecule has 1 aliphatic rings. The third-order valence-corrected chi connectivity index (χ3v) is 7.90. The van der Waals surface area contributed by atoms with Crippen LogP contribution in [-0.4, -0.2) is 42.7 Å². The van der Waals surface area contributed by atoms with Crippen molar-refractivity contribution >= 4 is 15.8 Å². The zero-order chi connectivity index (χ0) is 26.3. The molecule has 1 aliphatic heterocycles. The summed E-state index contributed by atoms with van der Waals surface area (Å²) >= 11 is 0. The summed E-state index contributed by atoms with van der Waals surface area (Å²) in [6, 6.07) is 4.75. The minimum Gasteiger partial charge on any atom is -0.355 e. The number of hydrogen-bond acceptors (Lipinski definition) is 6. The number of aryl methyl sites for hydroxylation is 1. The van der Waals surface area contributed by atoms with Crippen LogP contribution in [0.15, 0.2) is 41.4 Å². The molecule has 0 atom stereocenters. The number of hydrogen-bond donors (Lipinski definition) is 1. The summed E-state index contributed by atoms with van der Waals surface area (Å²) in [5, 5.41) is 8.83. The summed E-state index contributed by atoms with van der Waals surface area (Å²) < 4.78 is 81.2. The first-order chi connectivity index (χ1) is 16.9. The summed E-state index contributed by atoms with van der Waals surface area (Å²) in [6.45, 7) is 6.67. The van der Waals surface area contributed by atoms with Crippen LogP contribution in [0.1, 0.15) is 35.2 Å². The van der Waals surface area contributed by atoms with Gasteiger partial charge in [-0.25, -0.2) is 17.5 Å². The maximum Gasteiger partial charge on any atom is 0.417 e. The summed E-state index contributed by atoms with van der Waals surface area (Å²) in [5.41, 5.74) is 2.90. The first kappa shape index (κ1) is 26.0. The summed E-state index contributed by atoms with van der Waals surface area (Å²) in [6.07, 6.45) is -2.59. The molecule has 12 heteroatoms. The van der Waals surface area contributed by atoms with Gasteiger partial charge in [0.1, 0.15) is 5.82 Å². The van der Waals surface area contributed by atoms with Gasteiger partial charge in [-0.1, -0.05) is 0 Å². The Kier molecular flexibility index (Phi) is 7.02. The molecule has 2 aromatic heterocycles. The smallest absolute Gasteiger partial charge is 0.355 e. The van der Waals surface area contributed by atoms with E-state index in [4.69, 9.17) is 0 Å². The highest BCUT2D eigenvalue weighted by molar-refractivity contribution is 7.89. The summed E-state index contributed by atoms with van der Waals surface area (Å²) in [7, 11) is -4.52. The third-order valence-electron chi connectivity index (χ3n) is 6.32. The van der Waals surface area contributed by atoms with Crippen molar-refractivity contribution in [2.75, 3.05) is 18.0 Å². The second-order valence-corrected chi connectivity index (χ2v) is 10.5. The van der Waals surface area contributed by atoms with Crippen LogP contribution in [0.3, 0.4) is 0 Å². The number of aromatic nitrogens is 3. The molecule has 0 amide bonds. The van der Waals surface area contributed by atoms with Gasteiger partial charge in [-0.15, -0.1) is 10.2 Å². The fraction of sp³-hybridized carbons (Fsp3) is 0.375. The number of pyridine rings is 1. The molecule has 0 bridgehead atoms. The molecule has 0 radical (unpaired) electrons. The van der Waals surface area contributed by atoms with Crippen LogP contribution in [0, 0.1) is 26.6 Å². The zero-order valence-corrected chi connectivity index (χ0v) is 20.7. The van der Waals surface area contributed by atoms with Crippen molar-refractivity contribution in [2.45, 2.75) is 50.7 Å². The molecule has 192 valence electrons. The number of nitrogens with zero attached hydrogens (tertiary/aromatic N) is 4. The first-order valence-electron chi connectivity index (χ1n) is 11.3. The minimum absolute atomic E-state index is 0.192. The average molecular weight is 524 g/mol. The van der Waals surface area contributed by atoms with E-state index in [0.29, 0.717) is 43.9 Å². The second kappa shape index (κ2) is 9.74. The highest BCUT2D eigenvalue weighted by Gasteiger charge is 2.38. The Hall–Kier alpha value is -3.12. The van der Waals surface area contributed by atoms with Gasteiger partial charge in [0.05, 0.1) is 16.2 Å². The van der Waals surface area contributed by atoms with Gasteiger partial charge in [0.2, 0.25) is 10.0 Å². The van der Waals surface area contributed by atoms with Crippen molar-refractivity contribution < 1.29 is 26.0 Å². The van der Waals surface area contributed by atoms with E-state index < -0.39 is 38.5 Å². The van der Waals surface area contributed by atoms with E-state index in [9.17, 15) is 26.0 Å². The van der Waals surface area contributed by atoms with Crippen LogP contribution in [0.25, 0.3) is 11.3 Å². The van der Waals surface area contributed by atoms with Crippen LogP contribution >= 0.6 is 0 Å². The van der Waals surface area contributed by atoms with Crippen LogP contribution in [0.5, 0.6) is 0 Å². The van der Waals surface area contributed by atoms with Gasteiger partial charge in [0, 0.05) is 36.6 Å². The van der Waals surface area contributed by atoms with Crippen molar-refractivity contribution in [2.24, 2.45) is 0 Å². The monoisotopic (exact) mass is 523 g/mol. The van der Waals surface area contributed by atoms with Gasteiger partial charge in [-0.05, 0) is 75.1 Å². The average Bonchev–Trinajstić information content (AvgIpc) is 2.80. The summed E-state index contributed by atoms with van der Waals surface area (Å²) in [4.78, 5) is 5.20. The lowest BCUT2D eigenvalue weighted by molar-refractivity contribution is -0.140. The first-order valence-corrected chi connectivity index (χ1v) is 12.8. The lowest BCUT2D eigenvalue weighted by Gasteiger charge is -2.34. The lowest BCUT2D eigenvalue weighted by Crippen LogP contribution is -2.45. The Labute approximate surface area is 206 Å². The molecule has 3 aromatic rings. The van der Waals surface area contributed by atoms with E-state index in [1.165, 1.54) is 0 Å². The maximum atomic E-state index is 13.4. The molecule has 7 nitrogen and oxygen atoms in total. The Balaban J connectivity index is 1.48. The van der Waals surface area contributed by atoms with Crippen molar-refractivity contribution in [3.05, 3.63) is 64.7 Å². The van der Waals surface area contributed by atoms with Gasteiger partial charge in [0.15, 0.2) is 5.82 Å². The number of benzene rings is 1.